The van der Waals surface area contributed by atoms with Crippen molar-refractivity contribution in [3.8, 4) is 0 Å². The van der Waals surface area contributed by atoms with Gasteiger partial charge in [-0.2, -0.15) is 5.10 Å². The number of hydrazone groups is 1. The van der Waals surface area contributed by atoms with Gasteiger partial charge in [0.25, 0.3) is 0 Å². The lowest BCUT2D eigenvalue weighted by Gasteiger charge is -2.05. The number of hydrogen-bond acceptors (Lipinski definition) is 3. The molecule has 0 aromatic heterocycles. The van der Waals surface area contributed by atoms with Crippen LogP contribution in [0.3, 0.4) is 0 Å². The monoisotopic (exact) mass is 156 g/mol. The molecule has 11 heavy (non-hydrogen) atoms. The Bertz CT molecular complexity index is 150. The predicted octanol–water partition coefficient (Wildman–Crippen LogP) is 1.47. The highest BCUT2D eigenvalue weighted by Gasteiger charge is 1.88. The van der Waals surface area contributed by atoms with Gasteiger partial charge in [0.05, 0.1) is 12.8 Å². The summed E-state index contributed by atoms with van der Waals surface area (Å²) in [4.78, 5) is 0. The number of hydrogen-bond donors (Lipinski definition) is 0. The second-order valence-electron chi connectivity index (χ2n) is 2.22. The lowest BCUT2D eigenvalue weighted by Crippen LogP contribution is -2.03. The molecule has 0 rings (SSSR count). The van der Waals surface area contributed by atoms with Crippen LogP contribution in [0.5, 0.6) is 0 Å². The number of allylic oxidation sites excluding steroid dienone is 2. The molecule has 0 amide bonds. The average molecular weight is 156 g/mol. The number of ether oxygens (including phenoxy) is 1. The third kappa shape index (κ3) is 5.45. The quantitative estimate of drug-likeness (QED) is 0.350. The molecule has 0 unspecified atom stereocenters. The van der Waals surface area contributed by atoms with Crippen LogP contribution < -0.4 is 0 Å². The summed E-state index contributed by atoms with van der Waals surface area (Å²) in [6, 6.07) is 0. The summed E-state index contributed by atoms with van der Waals surface area (Å²) in [6.45, 7) is 4.55. The molecule has 0 aliphatic rings. The van der Waals surface area contributed by atoms with Crippen molar-refractivity contribution in [1.82, 2.24) is 5.01 Å². The Balaban J connectivity index is 3.88. The zero-order valence-electron chi connectivity index (χ0n) is 7.66. The molecule has 0 aromatic carbocycles. The van der Waals surface area contributed by atoms with Gasteiger partial charge < -0.3 is 9.75 Å². The molecule has 0 radical (unpaired) electrons. The Hall–Kier alpha value is -0.990. The van der Waals surface area contributed by atoms with Gasteiger partial charge in [-0.25, -0.2) is 0 Å². The number of rotatable bonds is 4. The molecule has 0 spiro atoms. The maximum atomic E-state index is 5.23. The van der Waals surface area contributed by atoms with Crippen LogP contribution in [0.2, 0.25) is 0 Å². The van der Waals surface area contributed by atoms with Gasteiger partial charge >= 0.3 is 0 Å². The van der Waals surface area contributed by atoms with E-state index >= 15 is 0 Å². The van der Waals surface area contributed by atoms with E-state index in [2.05, 4.69) is 5.10 Å². The summed E-state index contributed by atoms with van der Waals surface area (Å²) in [5, 5.41) is 5.75. The maximum Gasteiger partial charge on any atom is 0.135 e. The van der Waals surface area contributed by atoms with Crippen LogP contribution in [0.1, 0.15) is 13.8 Å². The van der Waals surface area contributed by atoms with E-state index in [9.17, 15) is 0 Å². The van der Waals surface area contributed by atoms with Gasteiger partial charge in [-0.3, -0.25) is 0 Å². The molecule has 0 N–H and O–H groups in total. The first-order valence-corrected chi connectivity index (χ1v) is 3.71. The first kappa shape index (κ1) is 10.0. The first-order chi connectivity index (χ1) is 5.20. The summed E-state index contributed by atoms with van der Waals surface area (Å²) in [5.74, 6) is 0.807. The van der Waals surface area contributed by atoms with Crippen LogP contribution in [0.15, 0.2) is 16.9 Å². The summed E-state index contributed by atoms with van der Waals surface area (Å²) in [5.41, 5.74) is 0. The second kappa shape index (κ2) is 5.77. The minimum absolute atomic E-state index is 0.680. The van der Waals surface area contributed by atoms with Gasteiger partial charge in [-0.15, -0.1) is 0 Å². The van der Waals surface area contributed by atoms with Gasteiger partial charge in [0.1, 0.15) is 5.76 Å². The van der Waals surface area contributed by atoms with Crippen LogP contribution in [-0.2, 0) is 4.74 Å². The Morgan fingerprint density at radius 2 is 2.18 bits per heavy atom. The minimum Gasteiger partial charge on any atom is -0.493 e. The molecule has 0 heterocycles. The highest BCUT2D eigenvalue weighted by atomic mass is 16.5. The van der Waals surface area contributed by atoms with Crippen molar-refractivity contribution < 1.29 is 4.74 Å². The Morgan fingerprint density at radius 3 is 2.55 bits per heavy atom. The van der Waals surface area contributed by atoms with Crippen molar-refractivity contribution in [2.75, 3.05) is 20.7 Å². The van der Waals surface area contributed by atoms with Crippen molar-refractivity contribution in [1.29, 1.82) is 0 Å². The van der Waals surface area contributed by atoms with Crippen LogP contribution in [-0.4, -0.2) is 31.9 Å². The zero-order valence-corrected chi connectivity index (χ0v) is 7.66. The third-order valence-corrected chi connectivity index (χ3v) is 1.01. The molecule has 0 aliphatic carbocycles. The Morgan fingerprint density at radius 1 is 1.55 bits per heavy atom. The van der Waals surface area contributed by atoms with E-state index in [-0.39, 0.29) is 0 Å². The summed E-state index contributed by atoms with van der Waals surface area (Å²) >= 11 is 0. The van der Waals surface area contributed by atoms with Crippen LogP contribution >= 0.6 is 0 Å². The standard InChI is InChI=1S/C8H16N2O/c1-5-8(11-6-2)7-9-10(3)4/h5,7H,6H2,1-4H3/b8-5+,9-7+. The van der Waals surface area contributed by atoms with Gasteiger partial charge in [-0.1, -0.05) is 0 Å². The lowest BCUT2D eigenvalue weighted by molar-refractivity contribution is 0.249. The van der Waals surface area contributed by atoms with E-state index in [1.165, 1.54) is 0 Å². The van der Waals surface area contributed by atoms with E-state index in [1.807, 2.05) is 34.0 Å². The highest BCUT2D eigenvalue weighted by molar-refractivity contribution is 5.75. The number of nitrogens with zero attached hydrogens (tertiary/aromatic N) is 2. The summed E-state index contributed by atoms with van der Waals surface area (Å²) < 4.78 is 5.23. The summed E-state index contributed by atoms with van der Waals surface area (Å²) in [7, 11) is 3.74. The molecular weight excluding hydrogens is 140 g/mol. The first-order valence-electron chi connectivity index (χ1n) is 3.71. The lowest BCUT2D eigenvalue weighted by atomic mass is 10.5. The predicted molar refractivity (Wildman–Crippen MR) is 47.6 cm³/mol. The molecule has 0 saturated carbocycles. The second-order valence-corrected chi connectivity index (χ2v) is 2.22. The van der Waals surface area contributed by atoms with E-state index in [0.717, 1.165) is 5.76 Å². The highest BCUT2D eigenvalue weighted by Crippen LogP contribution is 1.92. The Labute approximate surface area is 68.3 Å². The van der Waals surface area contributed by atoms with Crippen molar-refractivity contribution >= 4 is 6.21 Å². The van der Waals surface area contributed by atoms with Crippen molar-refractivity contribution in [3.05, 3.63) is 11.8 Å². The zero-order chi connectivity index (χ0) is 8.69. The fourth-order valence-corrected chi connectivity index (χ4v) is 0.534. The van der Waals surface area contributed by atoms with Gasteiger partial charge in [-0.05, 0) is 19.9 Å². The van der Waals surface area contributed by atoms with Crippen LogP contribution in [0.25, 0.3) is 0 Å². The molecule has 3 nitrogen and oxygen atoms in total. The maximum absolute atomic E-state index is 5.23. The normalized spacial score (nSPS) is 12.2. The fraction of sp³-hybridized carbons (Fsp3) is 0.625. The van der Waals surface area contributed by atoms with Crippen molar-refractivity contribution in [2.24, 2.45) is 5.10 Å². The molecule has 0 aromatic rings. The topological polar surface area (TPSA) is 24.8 Å². The fourth-order valence-electron chi connectivity index (χ4n) is 0.534. The molecular formula is C8H16N2O. The molecule has 0 fully saturated rings. The van der Waals surface area contributed by atoms with Gasteiger partial charge in [0, 0.05) is 14.1 Å². The largest absolute Gasteiger partial charge is 0.493 e. The van der Waals surface area contributed by atoms with E-state index in [0.29, 0.717) is 6.61 Å². The minimum atomic E-state index is 0.680. The van der Waals surface area contributed by atoms with E-state index < -0.39 is 0 Å². The molecule has 0 saturated heterocycles. The third-order valence-electron chi connectivity index (χ3n) is 1.01. The van der Waals surface area contributed by atoms with Crippen molar-refractivity contribution in [3.63, 3.8) is 0 Å². The summed E-state index contributed by atoms with van der Waals surface area (Å²) in [6.07, 6.45) is 3.58. The smallest absolute Gasteiger partial charge is 0.135 e. The average Bonchev–Trinajstić information content (AvgIpc) is 1.97. The van der Waals surface area contributed by atoms with Gasteiger partial charge in [0.15, 0.2) is 0 Å². The van der Waals surface area contributed by atoms with E-state index in [4.69, 9.17) is 4.74 Å². The molecule has 0 aliphatic heterocycles. The molecule has 0 atom stereocenters. The molecule has 0 bridgehead atoms. The van der Waals surface area contributed by atoms with Gasteiger partial charge in [0.2, 0.25) is 0 Å². The Kier molecular flexibility index (Phi) is 5.25. The van der Waals surface area contributed by atoms with E-state index in [1.54, 1.807) is 11.2 Å². The van der Waals surface area contributed by atoms with Crippen molar-refractivity contribution in [2.45, 2.75) is 13.8 Å². The van der Waals surface area contributed by atoms with Crippen LogP contribution in [0, 0.1) is 0 Å². The molecule has 3 heteroatoms. The molecule has 64 valence electrons. The SMILES string of the molecule is C/C=C(\C=N\N(C)C)OCC. The van der Waals surface area contributed by atoms with Crippen LogP contribution in [0.4, 0.5) is 0 Å².